The number of carbonyl (C=O) groups is 1. The van der Waals surface area contributed by atoms with Gasteiger partial charge in [-0.05, 0) is 36.2 Å². The van der Waals surface area contributed by atoms with Gasteiger partial charge in [0.1, 0.15) is 11.3 Å². The summed E-state index contributed by atoms with van der Waals surface area (Å²) < 4.78 is 12.2. The number of rotatable bonds is 6. The second kappa shape index (κ2) is 7.44. The van der Waals surface area contributed by atoms with Crippen molar-refractivity contribution in [1.29, 1.82) is 0 Å². The molecule has 1 aromatic carbocycles. The average molecular weight is 360 g/mol. The maximum atomic E-state index is 12.2. The van der Waals surface area contributed by atoms with Crippen LogP contribution >= 0.6 is 11.6 Å². The first-order chi connectivity index (χ1) is 12.1. The minimum Gasteiger partial charge on any atom is -0.493 e. The van der Waals surface area contributed by atoms with E-state index in [4.69, 9.17) is 21.1 Å². The molecule has 25 heavy (non-hydrogen) atoms. The van der Waals surface area contributed by atoms with Crippen LogP contribution < -0.4 is 14.8 Å². The van der Waals surface area contributed by atoms with E-state index >= 15 is 0 Å². The van der Waals surface area contributed by atoms with Crippen molar-refractivity contribution in [3.63, 3.8) is 0 Å². The standard InChI is InChI=1S/C18H18ClN3O3/c1-24-15-5-3-12(9-16(15)25-2)7-8-20-18(23)14-11-22-10-13(19)4-6-17(22)21-14/h3-6,9-11H,7-8H2,1-2H3,(H,20,23). The van der Waals surface area contributed by atoms with E-state index in [0.717, 1.165) is 5.56 Å². The SMILES string of the molecule is COc1ccc(CCNC(=O)c2cn3cc(Cl)ccc3n2)cc1OC. The predicted octanol–water partition coefficient (Wildman–Crippen LogP) is 2.98. The molecule has 2 aromatic heterocycles. The number of hydrogen-bond acceptors (Lipinski definition) is 4. The maximum Gasteiger partial charge on any atom is 0.271 e. The third-order valence-electron chi connectivity index (χ3n) is 3.79. The summed E-state index contributed by atoms with van der Waals surface area (Å²) in [7, 11) is 3.19. The van der Waals surface area contributed by atoms with Crippen molar-refractivity contribution >= 4 is 23.2 Å². The lowest BCUT2D eigenvalue weighted by Gasteiger charge is -2.09. The molecule has 7 heteroatoms. The van der Waals surface area contributed by atoms with E-state index < -0.39 is 0 Å². The number of nitrogens with zero attached hydrogens (tertiary/aromatic N) is 2. The number of methoxy groups -OCH3 is 2. The largest absolute Gasteiger partial charge is 0.493 e. The number of benzene rings is 1. The summed E-state index contributed by atoms with van der Waals surface area (Å²) in [5, 5.41) is 3.46. The number of fused-ring (bicyclic) bond motifs is 1. The predicted molar refractivity (Wildman–Crippen MR) is 95.8 cm³/mol. The molecule has 0 fully saturated rings. The molecule has 0 bridgehead atoms. The molecule has 2 heterocycles. The smallest absolute Gasteiger partial charge is 0.271 e. The van der Waals surface area contributed by atoms with Crippen LogP contribution in [-0.2, 0) is 6.42 Å². The van der Waals surface area contributed by atoms with Crippen LogP contribution in [0.2, 0.25) is 5.02 Å². The van der Waals surface area contributed by atoms with E-state index in [1.54, 1.807) is 43.1 Å². The van der Waals surface area contributed by atoms with Gasteiger partial charge in [0.15, 0.2) is 11.5 Å². The summed E-state index contributed by atoms with van der Waals surface area (Å²) in [5.41, 5.74) is 2.07. The lowest BCUT2D eigenvalue weighted by molar-refractivity contribution is 0.0950. The Hall–Kier alpha value is -2.73. The van der Waals surface area contributed by atoms with Crippen molar-refractivity contribution < 1.29 is 14.3 Å². The van der Waals surface area contributed by atoms with Gasteiger partial charge in [0.25, 0.3) is 5.91 Å². The van der Waals surface area contributed by atoms with Crippen LogP contribution in [-0.4, -0.2) is 36.1 Å². The fraction of sp³-hybridized carbons (Fsp3) is 0.222. The fourth-order valence-electron chi connectivity index (χ4n) is 2.52. The van der Waals surface area contributed by atoms with E-state index in [0.29, 0.717) is 40.8 Å². The van der Waals surface area contributed by atoms with Crippen LogP contribution in [0.4, 0.5) is 0 Å². The third kappa shape index (κ3) is 3.85. The van der Waals surface area contributed by atoms with Gasteiger partial charge in [0, 0.05) is 18.9 Å². The third-order valence-corrected chi connectivity index (χ3v) is 4.02. The van der Waals surface area contributed by atoms with E-state index in [9.17, 15) is 4.79 Å². The molecule has 3 aromatic rings. The minimum atomic E-state index is -0.222. The number of hydrogen-bond donors (Lipinski definition) is 1. The topological polar surface area (TPSA) is 64.9 Å². The molecule has 0 aliphatic heterocycles. The normalized spacial score (nSPS) is 10.7. The van der Waals surface area contributed by atoms with Crippen LogP contribution in [0.1, 0.15) is 16.1 Å². The number of nitrogens with one attached hydrogen (secondary N) is 1. The first kappa shape index (κ1) is 17.1. The summed E-state index contributed by atoms with van der Waals surface area (Å²) in [6, 6.07) is 9.20. The van der Waals surface area contributed by atoms with E-state index in [1.165, 1.54) is 0 Å². The van der Waals surface area contributed by atoms with Crippen molar-refractivity contribution in [2.45, 2.75) is 6.42 Å². The van der Waals surface area contributed by atoms with Gasteiger partial charge in [0.2, 0.25) is 0 Å². The van der Waals surface area contributed by atoms with Gasteiger partial charge >= 0.3 is 0 Å². The number of amides is 1. The van der Waals surface area contributed by atoms with Crippen LogP contribution in [0.15, 0.2) is 42.7 Å². The van der Waals surface area contributed by atoms with Crippen LogP contribution in [0, 0.1) is 0 Å². The molecule has 130 valence electrons. The van der Waals surface area contributed by atoms with Gasteiger partial charge in [-0.3, -0.25) is 4.79 Å². The molecule has 3 rings (SSSR count). The Kier molecular flexibility index (Phi) is 5.09. The quantitative estimate of drug-likeness (QED) is 0.735. The summed E-state index contributed by atoms with van der Waals surface area (Å²) in [6.45, 7) is 0.489. The van der Waals surface area contributed by atoms with Crippen molar-refractivity contribution in [2.75, 3.05) is 20.8 Å². The molecular formula is C18H18ClN3O3. The Morgan fingerprint density at radius 2 is 1.96 bits per heavy atom. The second-order valence-corrected chi connectivity index (χ2v) is 5.87. The first-order valence-corrected chi connectivity index (χ1v) is 8.12. The summed E-state index contributed by atoms with van der Waals surface area (Å²) >= 11 is 5.94. The number of ether oxygens (including phenoxy) is 2. The molecule has 1 amide bonds. The van der Waals surface area contributed by atoms with Gasteiger partial charge in [-0.2, -0.15) is 0 Å². The number of pyridine rings is 1. The Morgan fingerprint density at radius 3 is 2.72 bits per heavy atom. The second-order valence-electron chi connectivity index (χ2n) is 5.43. The summed E-state index contributed by atoms with van der Waals surface area (Å²) in [5.74, 6) is 1.13. The van der Waals surface area contributed by atoms with Gasteiger partial charge in [-0.1, -0.05) is 17.7 Å². The number of aromatic nitrogens is 2. The molecule has 0 unspecified atom stereocenters. The van der Waals surface area contributed by atoms with Crippen molar-refractivity contribution in [3.8, 4) is 11.5 Å². The van der Waals surface area contributed by atoms with E-state index in [1.807, 2.05) is 18.2 Å². The van der Waals surface area contributed by atoms with Gasteiger partial charge in [-0.25, -0.2) is 4.98 Å². The molecule has 0 atom stereocenters. The average Bonchev–Trinajstić information content (AvgIpc) is 3.04. The molecule has 1 N–H and O–H groups in total. The molecule has 0 spiro atoms. The van der Waals surface area contributed by atoms with Gasteiger partial charge in [0.05, 0.1) is 19.2 Å². The molecule has 0 saturated heterocycles. The monoisotopic (exact) mass is 359 g/mol. The van der Waals surface area contributed by atoms with Crippen LogP contribution in [0.3, 0.4) is 0 Å². The Balaban J connectivity index is 1.62. The number of halogens is 1. The molecular weight excluding hydrogens is 342 g/mol. The zero-order valence-electron chi connectivity index (χ0n) is 14.0. The fourth-order valence-corrected chi connectivity index (χ4v) is 2.69. The van der Waals surface area contributed by atoms with Crippen molar-refractivity contribution in [2.24, 2.45) is 0 Å². The molecule has 0 radical (unpaired) electrons. The highest BCUT2D eigenvalue weighted by atomic mass is 35.5. The van der Waals surface area contributed by atoms with Crippen LogP contribution in [0.25, 0.3) is 5.65 Å². The van der Waals surface area contributed by atoms with E-state index in [2.05, 4.69) is 10.3 Å². The van der Waals surface area contributed by atoms with E-state index in [-0.39, 0.29) is 5.91 Å². The molecule has 0 saturated carbocycles. The summed E-state index contributed by atoms with van der Waals surface area (Å²) in [4.78, 5) is 16.5. The number of carbonyl (C=O) groups excluding carboxylic acids is 1. The zero-order chi connectivity index (χ0) is 17.8. The maximum absolute atomic E-state index is 12.2. The zero-order valence-corrected chi connectivity index (χ0v) is 14.7. The minimum absolute atomic E-state index is 0.222. The Morgan fingerprint density at radius 1 is 1.16 bits per heavy atom. The highest BCUT2D eigenvalue weighted by Crippen LogP contribution is 2.27. The van der Waals surface area contributed by atoms with Crippen LogP contribution in [0.5, 0.6) is 11.5 Å². The molecule has 6 nitrogen and oxygen atoms in total. The van der Waals surface area contributed by atoms with Gasteiger partial charge in [-0.15, -0.1) is 0 Å². The first-order valence-electron chi connectivity index (χ1n) is 7.74. The van der Waals surface area contributed by atoms with Crippen molar-refractivity contribution in [1.82, 2.24) is 14.7 Å². The highest BCUT2D eigenvalue weighted by Gasteiger charge is 2.11. The van der Waals surface area contributed by atoms with Gasteiger partial charge < -0.3 is 19.2 Å². The Bertz CT molecular complexity index is 908. The lowest BCUT2D eigenvalue weighted by atomic mass is 10.1. The summed E-state index contributed by atoms with van der Waals surface area (Å²) in [6.07, 6.45) is 4.04. The molecule has 0 aliphatic rings. The highest BCUT2D eigenvalue weighted by molar-refractivity contribution is 6.30. The van der Waals surface area contributed by atoms with Crippen molar-refractivity contribution in [3.05, 3.63) is 59.0 Å². The lowest BCUT2D eigenvalue weighted by Crippen LogP contribution is -2.26. The molecule has 0 aliphatic carbocycles. The number of imidazole rings is 1. The Labute approximate surface area is 150 Å².